The van der Waals surface area contributed by atoms with E-state index in [1.165, 1.54) is 7.11 Å². The molecule has 0 radical (unpaired) electrons. The summed E-state index contributed by atoms with van der Waals surface area (Å²) in [5.74, 6) is -1.43. The van der Waals surface area contributed by atoms with Gasteiger partial charge >= 0.3 is 11.9 Å². The van der Waals surface area contributed by atoms with E-state index in [0.29, 0.717) is 16.9 Å². The summed E-state index contributed by atoms with van der Waals surface area (Å²) in [4.78, 5) is 36.6. The first-order chi connectivity index (χ1) is 13.8. The number of carbonyl (C=O) groups excluding carboxylic acids is 3. The lowest BCUT2D eigenvalue weighted by Crippen LogP contribution is -2.24. The molecule has 0 bridgehead atoms. The number of Topliss-reactive ketones (excluding diaryl/α,β-unsaturated/α-hetero) is 1. The van der Waals surface area contributed by atoms with Gasteiger partial charge in [0.1, 0.15) is 5.75 Å². The Kier molecular flexibility index (Phi) is 6.86. The molecule has 0 atom stereocenters. The van der Waals surface area contributed by atoms with E-state index in [1.807, 2.05) is 59.7 Å². The van der Waals surface area contributed by atoms with Crippen LogP contribution in [0.5, 0.6) is 5.75 Å². The fraction of sp³-hybridized carbons (Fsp3) is 0.400. The Morgan fingerprint density at radius 2 is 1.33 bits per heavy atom. The topological polar surface area (TPSA) is 69.7 Å². The average molecular weight is 411 g/mol. The van der Waals surface area contributed by atoms with Gasteiger partial charge in [-0.2, -0.15) is 0 Å². The van der Waals surface area contributed by atoms with Crippen LogP contribution in [0.15, 0.2) is 42.5 Å². The van der Waals surface area contributed by atoms with Gasteiger partial charge in [-0.3, -0.25) is 4.79 Å². The van der Waals surface area contributed by atoms with E-state index in [9.17, 15) is 14.4 Å². The molecule has 0 aromatic heterocycles. The van der Waals surface area contributed by atoms with Crippen LogP contribution in [0.2, 0.25) is 0 Å². The van der Waals surface area contributed by atoms with Crippen molar-refractivity contribution in [3.8, 4) is 5.75 Å². The van der Waals surface area contributed by atoms with Crippen LogP contribution in [-0.2, 0) is 31.6 Å². The summed E-state index contributed by atoms with van der Waals surface area (Å²) in [5, 5.41) is 0. The minimum Gasteiger partial charge on any atom is -0.463 e. The van der Waals surface area contributed by atoms with Crippen LogP contribution < -0.4 is 4.74 Å². The van der Waals surface area contributed by atoms with E-state index in [-0.39, 0.29) is 17.3 Å². The van der Waals surface area contributed by atoms with Crippen molar-refractivity contribution in [2.45, 2.75) is 58.8 Å². The highest BCUT2D eigenvalue weighted by Crippen LogP contribution is 2.41. The SMILES string of the molecule is COC(=O)C(=O)Cc1cc(C(C)(C)C)c(OC(=O)c2ccccc2)c(C(C)(C)C)c1. The zero-order valence-electron chi connectivity index (χ0n) is 18.8. The zero-order chi connectivity index (χ0) is 22.7. The van der Waals surface area contributed by atoms with Gasteiger partial charge in [-0.25, -0.2) is 9.59 Å². The molecule has 0 N–H and O–H groups in total. The van der Waals surface area contributed by atoms with E-state index in [4.69, 9.17) is 4.74 Å². The van der Waals surface area contributed by atoms with E-state index in [2.05, 4.69) is 4.74 Å². The molecule has 2 aromatic carbocycles. The number of hydrogen-bond donors (Lipinski definition) is 0. The van der Waals surface area contributed by atoms with E-state index in [1.54, 1.807) is 24.3 Å². The Hall–Kier alpha value is -2.95. The Morgan fingerprint density at radius 3 is 1.77 bits per heavy atom. The summed E-state index contributed by atoms with van der Waals surface area (Å²) in [5.41, 5.74) is 2.01. The summed E-state index contributed by atoms with van der Waals surface area (Å²) >= 11 is 0. The molecule has 5 heteroatoms. The van der Waals surface area contributed by atoms with Crippen molar-refractivity contribution in [2.75, 3.05) is 7.11 Å². The molecule has 0 fully saturated rings. The highest BCUT2D eigenvalue weighted by atomic mass is 16.5. The monoisotopic (exact) mass is 410 g/mol. The van der Waals surface area contributed by atoms with E-state index >= 15 is 0 Å². The third-order valence-corrected chi connectivity index (χ3v) is 4.75. The average Bonchev–Trinajstić information content (AvgIpc) is 2.67. The first kappa shape index (κ1) is 23.3. The Bertz CT molecular complexity index is 909. The van der Waals surface area contributed by atoms with Crippen molar-refractivity contribution in [2.24, 2.45) is 0 Å². The quantitative estimate of drug-likeness (QED) is 0.403. The molecule has 0 amide bonds. The highest BCUT2D eigenvalue weighted by molar-refractivity contribution is 6.34. The Morgan fingerprint density at radius 1 is 0.833 bits per heavy atom. The van der Waals surface area contributed by atoms with Gasteiger partial charge in [-0.15, -0.1) is 0 Å². The lowest BCUT2D eigenvalue weighted by molar-refractivity contribution is -0.151. The third-order valence-electron chi connectivity index (χ3n) is 4.75. The normalized spacial score (nSPS) is 11.7. The molecule has 30 heavy (non-hydrogen) atoms. The molecule has 2 rings (SSSR count). The molecule has 0 aliphatic carbocycles. The van der Waals surface area contributed by atoms with Gasteiger partial charge in [0.2, 0.25) is 5.78 Å². The molecule has 0 aliphatic rings. The number of hydrogen-bond acceptors (Lipinski definition) is 5. The van der Waals surface area contributed by atoms with Crippen LogP contribution in [0.4, 0.5) is 0 Å². The fourth-order valence-electron chi connectivity index (χ4n) is 3.11. The number of benzene rings is 2. The zero-order valence-corrected chi connectivity index (χ0v) is 18.8. The van der Waals surface area contributed by atoms with E-state index in [0.717, 1.165) is 11.1 Å². The number of ketones is 1. The lowest BCUT2D eigenvalue weighted by Gasteiger charge is -2.30. The molecule has 0 unspecified atom stereocenters. The summed E-state index contributed by atoms with van der Waals surface area (Å²) < 4.78 is 10.5. The second kappa shape index (κ2) is 8.82. The van der Waals surface area contributed by atoms with Gasteiger partial charge in [-0.05, 0) is 28.5 Å². The molecule has 0 aliphatic heterocycles. The van der Waals surface area contributed by atoms with E-state index < -0.39 is 17.7 Å². The minimum atomic E-state index is -0.871. The van der Waals surface area contributed by atoms with Crippen molar-refractivity contribution >= 4 is 17.7 Å². The first-order valence-electron chi connectivity index (χ1n) is 9.91. The lowest BCUT2D eigenvalue weighted by atomic mass is 9.78. The maximum Gasteiger partial charge on any atom is 0.374 e. The smallest absolute Gasteiger partial charge is 0.374 e. The van der Waals surface area contributed by atoms with Crippen molar-refractivity contribution in [3.05, 3.63) is 64.7 Å². The van der Waals surface area contributed by atoms with Crippen LogP contribution in [0.3, 0.4) is 0 Å². The van der Waals surface area contributed by atoms with Crippen molar-refractivity contribution in [1.82, 2.24) is 0 Å². The summed E-state index contributed by atoms with van der Waals surface area (Å²) in [6, 6.07) is 12.5. The fourth-order valence-corrected chi connectivity index (χ4v) is 3.11. The molecule has 0 heterocycles. The number of carbonyl (C=O) groups is 3. The number of ether oxygens (including phenoxy) is 2. The number of methoxy groups -OCH3 is 1. The van der Waals surface area contributed by atoms with Crippen molar-refractivity contribution < 1.29 is 23.9 Å². The number of esters is 2. The van der Waals surface area contributed by atoms with Gasteiger partial charge in [-0.1, -0.05) is 71.9 Å². The predicted octanol–water partition coefficient (Wildman–Crippen LogP) is 4.79. The van der Waals surface area contributed by atoms with Gasteiger partial charge in [0, 0.05) is 17.5 Å². The molecule has 5 nitrogen and oxygen atoms in total. The maximum atomic E-state index is 12.8. The summed E-state index contributed by atoms with van der Waals surface area (Å²) in [6.07, 6.45) is -0.0776. The predicted molar refractivity (Wildman–Crippen MR) is 116 cm³/mol. The van der Waals surface area contributed by atoms with Gasteiger partial charge < -0.3 is 9.47 Å². The maximum absolute atomic E-state index is 12.8. The molecule has 0 spiro atoms. The third kappa shape index (κ3) is 5.56. The van der Waals surface area contributed by atoms with Crippen LogP contribution in [0.25, 0.3) is 0 Å². The van der Waals surface area contributed by atoms with Crippen molar-refractivity contribution in [1.29, 1.82) is 0 Å². The van der Waals surface area contributed by atoms with Gasteiger partial charge in [0.25, 0.3) is 0 Å². The summed E-state index contributed by atoms with van der Waals surface area (Å²) in [7, 11) is 1.19. The van der Waals surface area contributed by atoms with Crippen molar-refractivity contribution in [3.63, 3.8) is 0 Å². The molecular formula is C25H30O5. The minimum absolute atomic E-state index is 0.0776. The second-order valence-corrected chi connectivity index (χ2v) is 9.37. The van der Waals surface area contributed by atoms with Crippen LogP contribution in [0, 0.1) is 0 Å². The van der Waals surface area contributed by atoms with Crippen LogP contribution >= 0.6 is 0 Å². The Labute approximate surface area is 178 Å². The standard InChI is InChI=1S/C25H30O5/c1-24(2,3)18-13-16(15-20(26)23(28)29-7)14-19(25(4,5)6)21(18)30-22(27)17-11-9-8-10-12-17/h8-14H,15H2,1-7H3. The largest absolute Gasteiger partial charge is 0.463 e. The molecular weight excluding hydrogens is 380 g/mol. The number of rotatable bonds is 5. The summed E-state index contributed by atoms with van der Waals surface area (Å²) in [6.45, 7) is 12.1. The van der Waals surface area contributed by atoms with Gasteiger partial charge in [0.05, 0.1) is 12.7 Å². The molecule has 2 aromatic rings. The van der Waals surface area contributed by atoms with Gasteiger partial charge in [0.15, 0.2) is 0 Å². The second-order valence-electron chi connectivity index (χ2n) is 9.37. The molecule has 0 saturated carbocycles. The van der Waals surface area contributed by atoms with Crippen LogP contribution in [0.1, 0.15) is 68.6 Å². The van der Waals surface area contributed by atoms with Crippen LogP contribution in [-0.4, -0.2) is 24.8 Å². The molecule has 160 valence electrons. The highest BCUT2D eigenvalue weighted by Gasteiger charge is 2.30. The molecule has 0 saturated heterocycles. The first-order valence-corrected chi connectivity index (χ1v) is 9.91. The Balaban J connectivity index is 2.62.